The quantitative estimate of drug-likeness (QED) is 0.749. The summed E-state index contributed by atoms with van der Waals surface area (Å²) >= 11 is 0. The maximum Gasteiger partial charge on any atom is 0.262 e. The van der Waals surface area contributed by atoms with E-state index in [0.29, 0.717) is 27.7 Å². The van der Waals surface area contributed by atoms with Crippen molar-refractivity contribution in [3.63, 3.8) is 0 Å². The lowest BCUT2D eigenvalue weighted by molar-refractivity contribution is -0.107. The molecule has 1 aromatic heterocycles. The first kappa shape index (κ1) is 15.9. The number of fused-ring (bicyclic) bond motifs is 1. The number of aryl methyl sites for hydroxylation is 1. The highest BCUT2D eigenvalue weighted by Gasteiger charge is 2.21. The minimum atomic E-state index is -0.810. The largest absolute Gasteiger partial charge is 0.505 e. The van der Waals surface area contributed by atoms with E-state index < -0.39 is 11.6 Å². The number of hydrogen-bond donors (Lipinski definition) is 1. The Hall–Kier alpha value is -2.95. The van der Waals surface area contributed by atoms with Crippen LogP contribution < -0.4 is 0 Å². The molecule has 0 atom stereocenters. The predicted molar refractivity (Wildman–Crippen MR) is 89.0 cm³/mol. The molecule has 0 aliphatic rings. The Morgan fingerprint density at radius 2 is 1.88 bits per heavy atom. The van der Waals surface area contributed by atoms with Crippen molar-refractivity contribution < 1.29 is 19.1 Å². The molecule has 0 saturated heterocycles. The molecule has 24 heavy (non-hydrogen) atoms. The Bertz CT molecular complexity index is 955. The standard InChI is InChI=1S/C19H16FNO3/c1-11-3-5-13(6-4-11)19(24)21-12(2)14(7-8-22)15-9-18(23)16(20)10-17(15)21/h3-6,8-10,23H,7H2,1-2H3. The van der Waals surface area contributed by atoms with Crippen LogP contribution in [0.3, 0.4) is 0 Å². The number of aromatic nitrogens is 1. The second-order valence-corrected chi connectivity index (χ2v) is 5.76. The maximum absolute atomic E-state index is 13.8. The highest BCUT2D eigenvalue weighted by atomic mass is 19.1. The zero-order valence-electron chi connectivity index (χ0n) is 13.3. The molecule has 5 heteroatoms. The Morgan fingerprint density at radius 1 is 1.21 bits per heavy atom. The zero-order chi connectivity index (χ0) is 17.4. The average Bonchev–Trinajstić information content (AvgIpc) is 2.80. The topological polar surface area (TPSA) is 59.3 Å². The normalized spacial score (nSPS) is 11.0. The monoisotopic (exact) mass is 325 g/mol. The molecule has 4 nitrogen and oxygen atoms in total. The molecule has 1 N–H and O–H groups in total. The van der Waals surface area contributed by atoms with Gasteiger partial charge in [0, 0.05) is 29.1 Å². The second-order valence-electron chi connectivity index (χ2n) is 5.76. The first-order valence-electron chi connectivity index (χ1n) is 7.51. The van der Waals surface area contributed by atoms with Crippen molar-refractivity contribution >= 4 is 23.1 Å². The van der Waals surface area contributed by atoms with E-state index in [-0.39, 0.29) is 12.3 Å². The molecule has 0 spiro atoms. The van der Waals surface area contributed by atoms with E-state index in [0.717, 1.165) is 17.9 Å². The van der Waals surface area contributed by atoms with Crippen LogP contribution in [0.2, 0.25) is 0 Å². The number of aromatic hydroxyl groups is 1. The van der Waals surface area contributed by atoms with Crippen LogP contribution in [-0.4, -0.2) is 21.9 Å². The highest BCUT2D eigenvalue weighted by molar-refractivity contribution is 6.04. The van der Waals surface area contributed by atoms with Crippen molar-refractivity contribution in [3.8, 4) is 5.75 Å². The Kier molecular flexibility index (Phi) is 3.93. The van der Waals surface area contributed by atoms with Gasteiger partial charge in [-0.25, -0.2) is 4.39 Å². The van der Waals surface area contributed by atoms with E-state index >= 15 is 0 Å². The number of phenols is 1. The second kappa shape index (κ2) is 5.92. The van der Waals surface area contributed by atoms with Crippen molar-refractivity contribution in [1.29, 1.82) is 0 Å². The molecule has 1 heterocycles. The molecule has 0 saturated carbocycles. The van der Waals surface area contributed by atoms with Gasteiger partial charge in [-0.3, -0.25) is 9.36 Å². The summed E-state index contributed by atoms with van der Waals surface area (Å²) in [5, 5.41) is 10.1. The molecule has 3 rings (SSSR count). The fourth-order valence-corrected chi connectivity index (χ4v) is 2.92. The van der Waals surface area contributed by atoms with Crippen LogP contribution in [0, 0.1) is 19.7 Å². The Balaban J connectivity index is 2.28. The maximum atomic E-state index is 13.8. The fraction of sp³-hybridized carbons (Fsp3) is 0.158. The van der Waals surface area contributed by atoms with E-state index in [2.05, 4.69) is 0 Å². The molecule has 0 aliphatic carbocycles. The fourth-order valence-electron chi connectivity index (χ4n) is 2.92. The summed E-state index contributed by atoms with van der Waals surface area (Å²) in [6, 6.07) is 9.45. The van der Waals surface area contributed by atoms with Crippen molar-refractivity contribution in [2.24, 2.45) is 0 Å². The first-order chi connectivity index (χ1) is 11.4. The van der Waals surface area contributed by atoms with Crippen molar-refractivity contribution in [3.05, 3.63) is 64.6 Å². The average molecular weight is 325 g/mol. The summed E-state index contributed by atoms with van der Waals surface area (Å²) in [5.41, 5.74) is 3.00. The summed E-state index contributed by atoms with van der Waals surface area (Å²) < 4.78 is 15.2. The van der Waals surface area contributed by atoms with Crippen LogP contribution in [0.1, 0.15) is 27.2 Å². The molecular weight excluding hydrogens is 309 g/mol. The molecule has 122 valence electrons. The lowest BCUT2D eigenvalue weighted by Gasteiger charge is -2.08. The number of benzene rings is 2. The van der Waals surface area contributed by atoms with Gasteiger partial charge in [-0.1, -0.05) is 17.7 Å². The van der Waals surface area contributed by atoms with Crippen LogP contribution in [0.15, 0.2) is 36.4 Å². The summed E-state index contributed by atoms with van der Waals surface area (Å²) in [4.78, 5) is 23.9. The van der Waals surface area contributed by atoms with Gasteiger partial charge >= 0.3 is 0 Å². The van der Waals surface area contributed by atoms with Crippen molar-refractivity contribution in [2.45, 2.75) is 20.3 Å². The minimum Gasteiger partial charge on any atom is -0.505 e. The van der Waals surface area contributed by atoms with E-state index in [1.165, 1.54) is 10.6 Å². The van der Waals surface area contributed by atoms with Crippen LogP contribution in [0.4, 0.5) is 4.39 Å². The van der Waals surface area contributed by atoms with Gasteiger partial charge in [-0.2, -0.15) is 0 Å². The van der Waals surface area contributed by atoms with Crippen LogP contribution in [-0.2, 0) is 11.2 Å². The summed E-state index contributed by atoms with van der Waals surface area (Å²) in [5.74, 6) is -1.62. The molecule has 0 aliphatic heterocycles. The molecule has 0 bridgehead atoms. The number of nitrogens with zero attached hydrogens (tertiary/aromatic N) is 1. The van der Waals surface area contributed by atoms with Crippen LogP contribution in [0.5, 0.6) is 5.75 Å². The number of carbonyl (C=O) groups excluding carboxylic acids is 2. The minimum absolute atomic E-state index is 0.0849. The van der Waals surface area contributed by atoms with E-state index in [1.54, 1.807) is 19.1 Å². The summed E-state index contributed by atoms with van der Waals surface area (Å²) in [6.45, 7) is 3.63. The molecule has 0 radical (unpaired) electrons. The van der Waals surface area contributed by atoms with Gasteiger partial charge in [0.15, 0.2) is 11.6 Å². The SMILES string of the molecule is Cc1ccc(C(=O)n2c(C)c(CC=O)c3cc(O)c(F)cc32)cc1. The molecule has 3 aromatic rings. The molecule has 0 amide bonds. The third-order valence-corrected chi connectivity index (χ3v) is 4.19. The van der Waals surface area contributed by atoms with Gasteiger partial charge < -0.3 is 9.90 Å². The summed E-state index contributed by atoms with van der Waals surface area (Å²) in [6.07, 6.45) is 0.810. The van der Waals surface area contributed by atoms with Gasteiger partial charge in [0.05, 0.1) is 5.52 Å². The molecule has 0 fully saturated rings. The zero-order valence-corrected chi connectivity index (χ0v) is 13.3. The lowest BCUT2D eigenvalue weighted by Crippen LogP contribution is -2.13. The third kappa shape index (κ3) is 2.48. The highest BCUT2D eigenvalue weighted by Crippen LogP contribution is 2.31. The number of halogens is 1. The number of phenolic OH excluding ortho intramolecular Hbond substituents is 1. The third-order valence-electron chi connectivity index (χ3n) is 4.19. The van der Waals surface area contributed by atoms with Gasteiger partial charge in [0.25, 0.3) is 5.91 Å². The van der Waals surface area contributed by atoms with Gasteiger partial charge in [0.2, 0.25) is 0 Å². The lowest BCUT2D eigenvalue weighted by atomic mass is 10.1. The Morgan fingerprint density at radius 3 is 2.50 bits per heavy atom. The first-order valence-corrected chi connectivity index (χ1v) is 7.51. The molecule has 0 unspecified atom stereocenters. The Labute approximate surface area is 138 Å². The molecular formula is C19H16FNO3. The van der Waals surface area contributed by atoms with Gasteiger partial charge in [-0.05, 0) is 37.6 Å². The summed E-state index contributed by atoms with van der Waals surface area (Å²) in [7, 11) is 0. The van der Waals surface area contributed by atoms with E-state index in [1.807, 2.05) is 19.1 Å². The van der Waals surface area contributed by atoms with Gasteiger partial charge in [-0.15, -0.1) is 0 Å². The van der Waals surface area contributed by atoms with Crippen LogP contribution >= 0.6 is 0 Å². The number of aldehydes is 1. The van der Waals surface area contributed by atoms with Crippen molar-refractivity contribution in [2.75, 3.05) is 0 Å². The predicted octanol–water partition coefficient (Wildman–Crippen LogP) is 3.53. The van der Waals surface area contributed by atoms with E-state index in [4.69, 9.17) is 0 Å². The van der Waals surface area contributed by atoms with Crippen molar-refractivity contribution in [1.82, 2.24) is 4.57 Å². The van der Waals surface area contributed by atoms with Gasteiger partial charge in [0.1, 0.15) is 6.29 Å². The number of hydrogen-bond acceptors (Lipinski definition) is 3. The smallest absolute Gasteiger partial charge is 0.262 e. The van der Waals surface area contributed by atoms with E-state index in [9.17, 15) is 19.1 Å². The van der Waals surface area contributed by atoms with Crippen LogP contribution in [0.25, 0.3) is 10.9 Å². The molecule has 2 aromatic carbocycles. The number of carbonyl (C=O) groups is 2. The number of rotatable bonds is 3.